The number of aromatic nitrogens is 3. The van der Waals surface area contributed by atoms with Crippen LogP contribution in [0, 0.1) is 5.82 Å². The lowest BCUT2D eigenvalue weighted by atomic mass is 10.1. The number of halogens is 2. The monoisotopic (exact) mass is 424 g/mol. The van der Waals surface area contributed by atoms with Crippen molar-refractivity contribution in [3.05, 3.63) is 82.2 Å². The maximum Gasteiger partial charge on any atom is 0.277 e. The SMILES string of the molecule is CCn1cnc2c(-c3ccccc3)cn(CC(=O)Nc3ccc(Cl)cc3F)c2c1=O. The number of benzene rings is 2. The number of carbonyl (C=O) groups is 1. The minimum atomic E-state index is -0.631. The van der Waals surface area contributed by atoms with Crippen molar-refractivity contribution in [2.75, 3.05) is 5.32 Å². The third-order valence-corrected chi connectivity index (χ3v) is 5.02. The first-order valence-electron chi connectivity index (χ1n) is 9.36. The first kappa shape index (κ1) is 19.8. The molecule has 2 heterocycles. The van der Waals surface area contributed by atoms with Crippen LogP contribution in [0.4, 0.5) is 10.1 Å². The van der Waals surface area contributed by atoms with Gasteiger partial charge in [0.15, 0.2) is 0 Å². The van der Waals surface area contributed by atoms with Crippen molar-refractivity contribution in [1.82, 2.24) is 14.1 Å². The molecule has 0 bridgehead atoms. The maximum absolute atomic E-state index is 14.0. The number of fused-ring (bicyclic) bond motifs is 1. The van der Waals surface area contributed by atoms with Gasteiger partial charge >= 0.3 is 0 Å². The molecule has 0 unspecified atom stereocenters. The molecule has 1 N–H and O–H groups in total. The smallest absolute Gasteiger partial charge is 0.277 e. The first-order valence-corrected chi connectivity index (χ1v) is 9.74. The van der Waals surface area contributed by atoms with E-state index >= 15 is 0 Å². The van der Waals surface area contributed by atoms with Gasteiger partial charge < -0.3 is 9.88 Å². The summed E-state index contributed by atoms with van der Waals surface area (Å²) in [5, 5.41) is 2.76. The lowest BCUT2D eigenvalue weighted by Crippen LogP contribution is -2.24. The van der Waals surface area contributed by atoms with Crippen molar-refractivity contribution in [2.45, 2.75) is 20.0 Å². The standard InChI is InChI=1S/C22H18ClFN4O2/c1-2-27-13-25-20-16(14-6-4-3-5-7-14)11-28(21(20)22(27)30)12-19(29)26-18-9-8-15(23)10-17(18)24/h3-11,13H,2,12H2,1H3,(H,26,29). The molecule has 0 spiro atoms. The number of hydrogen-bond acceptors (Lipinski definition) is 3. The number of hydrogen-bond donors (Lipinski definition) is 1. The highest BCUT2D eigenvalue weighted by molar-refractivity contribution is 6.30. The summed E-state index contributed by atoms with van der Waals surface area (Å²) >= 11 is 5.75. The minimum Gasteiger partial charge on any atom is -0.332 e. The summed E-state index contributed by atoms with van der Waals surface area (Å²) in [5.74, 6) is -1.10. The fourth-order valence-corrected chi connectivity index (χ4v) is 3.49. The molecular weight excluding hydrogens is 407 g/mol. The Balaban J connectivity index is 1.76. The van der Waals surface area contributed by atoms with Crippen molar-refractivity contribution in [3.8, 4) is 11.1 Å². The van der Waals surface area contributed by atoms with Gasteiger partial charge in [0.1, 0.15) is 23.4 Å². The molecule has 6 nitrogen and oxygen atoms in total. The zero-order chi connectivity index (χ0) is 21.3. The summed E-state index contributed by atoms with van der Waals surface area (Å²) in [5.41, 5.74) is 2.25. The van der Waals surface area contributed by atoms with Gasteiger partial charge in [0, 0.05) is 23.3 Å². The second-order valence-corrected chi connectivity index (χ2v) is 7.18. The van der Waals surface area contributed by atoms with Crippen molar-refractivity contribution in [2.24, 2.45) is 0 Å². The lowest BCUT2D eigenvalue weighted by molar-refractivity contribution is -0.116. The van der Waals surface area contributed by atoms with E-state index in [9.17, 15) is 14.0 Å². The summed E-state index contributed by atoms with van der Waals surface area (Å²) < 4.78 is 17.1. The van der Waals surface area contributed by atoms with Gasteiger partial charge in [-0.15, -0.1) is 0 Å². The molecule has 0 aliphatic carbocycles. The molecule has 4 aromatic rings. The van der Waals surface area contributed by atoms with E-state index < -0.39 is 11.7 Å². The number of carbonyl (C=O) groups excluding carboxylic acids is 1. The second-order valence-electron chi connectivity index (χ2n) is 6.74. The minimum absolute atomic E-state index is 0.0215. The van der Waals surface area contributed by atoms with E-state index in [1.54, 1.807) is 10.8 Å². The van der Waals surface area contributed by atoms with Crippen molar-refractivity contribution in [3.63, 3.8) is 0 Å². The Morgan fingerprint density at radius 3 is 2.63 bits per heavy atom. The van der Waals surface area contributed by atoms with E-state index in [1.807, 2.05) is 37.3 Å². The predicted molar refractivity (Wildman–Crippen MR) is 115 cm³/mol. The number of aryl methyl sites for hydroxylation is 1. The molecular formula is C22H18ClFN4O2. The largest absolute Gasteiger partial charge is 0.332 e. The van der Waals surface area contributed by atoms with Gasteiger partial charge in [-0.25, -0.2) is 9.37 Å². The summed E-state index contributed by atoms with van der Waals surface area (Å²) in [6, 6.07) is 13.5. The highest BCUT2D eigenvalue weighted by atomic mass is 35.5. The predicted octanol–water partition coefficient (Wildman–Crippen LogP) is 4.32. The van der Waals surface area contributed by atoms with Crippen LogP contribution in [0.3, 0.4) is 0 Å². The van der Waals surface area contributed by atoms with E-state index in [2.05, 4.69) is 10.3 Å². The van der Waals surface area contributed by atoms with E-state index in [-0.39, 0.29) is 22.8 Å². The molecule has 1 amide bonds. The van der Waals surface area contributed by atoms with Gasteiger partial charge in [-0.05, 0) is 30.7 Å². The molecule has 0 aliphatic rings. The van der Waals surface area contributed by atoms with Crippen LogP contribution >= 0.6 is 11.6 Å². The maximum atomic E-state index is 14.0. The zero-order valence-electron chi connectivity index (χ0n) is 16.1. The Labute approximate surface area is 176 Å². The van der Waals surface area contributed by atoms with Crippen LogP contribution in [-0.4, -0.2) is 20.0 Å². The fraction of sp³-hybridized carbons (Fsp3) is 0.136. The normalized spacial score (nSPS) is 11.0. The molecule has 0 saturated carbocycles. The molecule has 152 valence electrons. The molecule has 8 heteroatoms. The lowest BCUT2D eigenvalue weighted by Gasteiger charge is -2.09. The molecule has 30 heavy (non-hydrogen) atoms. The van der Waals surface area contributed by atoms with Crippen molar-refractivity contribution in [1.29, 1.82) is 0 Å². The highest BCUT2D eigenvalue weighted by Crippen LogP contribution is 2.27. The van der Waals surface area contributed by atoms with Gasteiger partial charge in [-0.2, -0.15) is 0 Å². The molecule has 0 atom stereocenters. The van der Waals surface area contributed by atoms with E-state index in [1.165, 1.54) is 23.0 Å². The fourth-order valence-electron chi connectivity index (χ4n) is 3.33. The number of amides is 1. The van der Waals surface area contributed by atoms with Crippen LogP contribution in [0.25, 0.3) is 22.2 Å². The Bertz CT molecular complexity index is 1300. The van der Waals surface area contributed by atoms with Gasteiger partial charge in [0.25, 0.3) is 5.56 Å². The first-order chi connectivity index (χ1) is 14.5. The number of nitrogens with one attached hydrogen (secondary N) is 1. The summed E-state index contributed by atoms with van der Waals surface area (Å²) in [6.07, 6.45) is 3.23. The van der Waals surface area contributed by atoms with E-state index in [0.29, 0.717) is 17.6 Å². The Morgan fingerprint density at radius 1 is 1.17 bits per heavy atom. The topological polar surface area (TPSA) is 68.9 Å². The van der Waals surface area contributed by atoms with Crippen LogP contribution in [0.15, 0.2) is 65.8 Å². The number of rotatable bonds is 5. The third kappa shape index (κ3) is 3.71. The molecule has 0 fully saturated rings. The van der Waals surface area contributed by atoms with Crippen LogP contribution < -0.4 is 10.9 Å². The Morgan fingerprint density at radius 2 is 1.93 bits per heavy atom. The van der Waals surface area contributed by atoms with Gasteiger partial charge in [0.2, 0.25) is 5.91 Å². The Hall–Kier alpha value is -3.45. The van der Waals surface area contributed by atoms with Crippen molar-refractivity contribution < 1.29 is 9.18 Å². The van der Waals surface area contributed by atoms with Crippen LogP contribution in [0.5, 0.6) is 0 Å². The quantitative estimate of drug-likeness (QED) is 0.519. The van der Waals surface area contributed by atoms with Gasteiger partial charge in [-0.3, -0.25) is 14.2 Å². The third-order valence-electron chi connectivity index (χ3n) is 4.79. The number of nitrogens with zero attached hydrogens (tertiary/aromatic N) is 3. The molecule has 0 saturated heterocycles. The summed E-state index contributed by atoms with van der Waals surface area (Å²) in [6.45, 7) is 2.13. The molecule has 2 aromatic heterocycles. The molecule has 2 aromatic carbocycles. The zero-order valence-corrected chi connectivity index (χ0v) is 16.9. The van der Waals surface area contributed by atoms with Crippen LogP contribution in [0.2, 0.25) is 5.02 Å². The van der Waals surface area contributed by atoms with Crippen LogP contribution in [-0.2, 0) is 17.9 Å². The van der Waals surface area contributed by atoms with E-state index in [4.69, 9.17) is 11.6 Å². The molecule has 4 rings (SSSR count). The van der Waals surface area contributed by atoms with Crippen LogP contribution in [0.1, 0.15) is 6.92 Å². The van der Waals surface area contributed by atoms with Crippen molar-refractivity contribution >= 4 is 34.2 Å². The van der Waals surface area contributed by atoms with E-state index in [0.717, 1.165) is 17.2 Å². The molecule has 0 aliphatic heterocycles. The average Bonchev–Trinajstić information content (AvgIpc) is 3.10. The summed E-state index contributed by atoms with van der Waals surface area (Å²) in [4.78, 5) is 30.0. The summed E-state index contributed by atoms with van der Waals surface area (Å²) in [7, 11) is 0. The van der Waals surface area contributed by atoms with Gasteiger partial charge in [-0.1, -0.05) is 41.9 Å². The average molecular weight is 425 g/mol. The highest BCUT2D eigenvalue weighted by Gasteiger charge is 2.18. The molecule has 0 radical (unpaired) electrons. The Kier molecular flexibility index (Phi) is 5.37. The second kappa shape index (κ2) is 8.12. The number of anilines is 1. The van der Waals surface area contributed by atoms with Gasteiger partial charge in [0.05, 0.1) is 12.0 Å².